The smallest absolute Gasteiger partial charge is 0.179 e. The van der Waals surface area contributed by atoms with Gasteiger partial charge in [-0.2, -0.15) is 0 Å². The normalized spacial score (nSPS) is 39.4. The van der Waals surface area contributed by atoms with Crippen molar-refractivity contribution in [1.82, 2.24) is 0 Å². The Kier molecular flexibility index (Phi) is 14.0. The number of ether oxygens (including phenoxy) is 2. The molecule has 3 aromatic carbocycles. The number of fused-ring (bicyclic) bond motifs is 15. The monoisotopic (exact) mass is 1100 g/mol. The van der Waals surface area contributed by atoms with Gasteiger partial charge in [0.25, 0.3) is 0 Å². The van der Waals surface area contributed by atoms with E-state index in [1.165, 1.54) is 93.6 Å². The van der Waals surface area contributed by atoms with Gasteiger partial charge >= 0.3 is 0 Å². The molecule has 6 aliphatic carbocycles. The number of thioether (sulfide) groups is 2. The maximum absolute atomic E-state index is 13.3. The minimum absolute atomic E-state index is 0.0219. The highest BCUT2D eigenvalue weighted by molar-refractivity contribution is 7.99. The highest BCUT2D eigenvalue weighted by Gasteiger charge is 2.64. The topological polar surface area (TPSA) is 134 Å². The first-order chi connectivity index (χ1) is 35.4. The molecule has 4 N–H and O–H groups in total. The predicted molar refractivity (Wildman–Crippen MR) is 311 cm³/mol. The summed E-state index contributed by atoms with van der Waals surface area (Å²) in [5.41, 5.74) is 4.52. The third-order valence-electron chi connectivity index (χ3n) is 24.3. The summed E-state index contributed by atoms with van der Waals surface area (Å²) in [5.74, 6) is 7.94. The fraction of sp³-hybridized carbons (Fsp3) is 0.723. The zero-order valence-corrected chi connectivity index (χ0v) is 51.3. The molecule has 6 fully saturated rings. The summed E-state index contributed by atoms with van der Waals surface area (Å²) in [6.07, 6.45) is 18.3. The molecular formula is C65H94O8S3. The third-order valence-corrected chi connectivity index (χ3v) is 28.3. The van der Waals surface area contributed by atoms with Crippen LogP contribution in [0.1, 0.15) is 196 Å². The van der Waals surface area contributed by atoms with Crippen LogP contribution in [0.4, 0.5) is 0 Å². The minimum Gasteiger partial charge on any atom is -0.508 e. The summed E-state index contributed by atoms with van der Waals surface area (Å²) < 4.78 is 37.2. The summed E-state index contributed by atoms with van der Waals surface area (Å²) in [4.78, 5) is 2.59. The Morgan fingerprint density at radius 3 is 1.25 bits per heavy atom. The first kappa shape index (κ1) is 56.4. The van der Waals surface area contributed by atoms with E-state index in [1.807, 2.05) is 35.7 Å². The molecule has 0 radical (unpaired) electrons. The number of sulfone groups is 1. The van der Waals surface area contributed by atoms with E-state index in [4.69, 9.17) is 9.47 Å². The number of hydrogen-bond donors (Lipinski definition) is 4. The molecule has 8 nitrogen and oxygen atoms in total. The Hall–Kier alpha value is -2.89. The number of hydrogen-bond acceptors (Lipinski definition) is 10. The largest absolute Gasteiger partial charge is 0.508 e. The van der Waals surface area contributed by atoms with Crippen LogP contribution in [-0.4, -0.2) is 60.3 Å². The van der Waals surface area contributed by atoms with Crippen molar-refractivity contribution >= 4 is 33.4 Å². The van der Waals surface area contributed by atoms with Crippen LogP contribution in [0.5, 0.6) is 34.5 Å². The van der Waals surface area contributed by atoms with Gasteiger partial charge in [0.05, 0.1) is 24.9 Å². The molecule has 0 saturated heterocycles. The average molecular weight is 1100 g/mol. The Morgan fingerprint density at radius 1 is 0.447 bits per heavy atom. The van der Waals surface area contributed by atoms with Crippen molar-refractivity contribution in [2.75, 3.05) is 31.5 Å². The molecule has 3 heterocycles. The van der Waals surface area contributed by atoms with Gasteiger partial charge in [-0.15, -0.1) is 23.5 Å². The average Bonchev–Trinajstić information content (AvgIpc) is 3.31. The summed E-state index contributed by atoms with van der Waals surface area (Å²) in [6, 6.07) is 10.5. The van der Waals surface area contributed by atoms with Gasteiger partial charge in [-0.1, -0.05) is 102 Å². The number of phenolic OH excluding ortho intramolecular Hbond substituents is 4. The molecule has 12 atom stereocenters. The quantitative estimate of drug-likeness (QED) is 0.197. The maximum Gasteiger partial charge on any atom is 0.179 e. The molecule has 9 aliphatic rings. The van der Waals surface area contributed by atoms with Crippen LogP contribution in [0.3, 0.4) is 0 Å². The highest BCUT2D eigenvalue weighted by Crippen LogP contribution is 2.71. The van der Waals surface area contributed by atoms with Crippen molar-refractivity contribution in [2.24, 2.45) is 68.0 Å². The first-order valence-electron chi connectivity index (χ1n) is 29.2. The zero-order valence-electron chi connectivity index (χ0n) is 48.8. The Balaban J connectivity index is 0.000000130. The number of benzene rings is 3. The standard InChI is InChI=1S/C22H32O4S.C22H32O2S.C21H30O2S/c1-20(2)8-6-9-21(3)17(20)7-10-22(4)18(21)13-27(24,25)16-12-14(26-5)11-15(23)19(16)22;1-20(2)8-6-9-21(3)17(20)7-10-22(4)18(21)13-25-16-12-14(24-5)11-15(23)19(16)22;1-19(2)7-5-8-20(3)16(19)6-9-21(4)17(20)12-24-15-11-13(22)10-14(23)18(15)21/h11-12,17-18,23H,6-10,13H2,1-5H3;11-12,17-18,23H,6-10,13H2,1-5H3;10-11,16-17,22-23H,5-9,12H2,1-4H3/t2*17-,18+,21-,22+;16-,17+,20-,21+/m000/s1. The summed E-state index contributed by atoms with van der Waals surface area (Å²) in [6.45, 7) is 29.0. The maximum atomic E-state index is 13.3. The minimum atomic E-state index is -3.47. The second-order valence-corrected chi connectivity index (χ2v) is 33.6. The summed E-state index contributed by atoms with van der Waals surface area (Å²) in [7, 11) is -0.298. The molecule has 11 heteroatoms. The van der Waals surface area contributed by atoms with E-state index < -0.39 is 9.84 Å². The van der Waals surface area contributed by atoms with Crippen molar-refractivity contribution in [1.29, 1.82) is 0 Å². The molecule has 3 aromatic rings. The zero-order chi connectivity index (χ0) is 55.2. The lowest BCUT2D eigenvalue weighted by Crippen LogP contribution is -2.59. The van der Waals surface area contributed by atoms with Crippen LogP contribution in [0, 0.1) is 68.0 Å². The second kappa shape index (κ2) is 18.8. The number of phenols is 4. The van der Waals surface area contributed by atoms with Gasteiger partial charge in [0, 0.05) is 72.4 Å². The molecule has 6 saturated carbocycles. The van der Waals surface area contributed by atoms with Gasteiger partial charge in [-0.3, -0.25) is 0 Å². The van der Waals surface area contributed by atoms with E-state index in [-0.39, 0.29) is 55.1 Å². The van der Waals surface area contributed by atoms with Gasteiger partial charge in [-0.25, -0.2) is 8.42 Å². The van der Waals surface area contributed by atoms with Gasteiger partial charge in [0.1, 0.15) is 34.5 Å². The lowest BCUT2D eigenvalue weighted by Gasteiger charge is -2.64. The summed E-state index contributed by atoms with van der Waals surface area (Å²) in [5, 5.41) is 42.2. The van der Waals surface area contributed by atoms with E-state index in [9.17, 15) is 28.8 Å². The van der Waals surface area contributed by atoms with Gasteiger partial charge in [0.2, 0.25) is 0 Å². The van der Waals surface area contributed by atoms with Crippen molar-refractivity contribution in [3.05, 3.63) is 53.1 Å². The Morgan fingerprint density at radius 2 is 0.816 bits per heavy atom. The van der Waals surface area contributed by atoms with Crippen LogP contribution in [0.15, 0.2) is 51.1 Å². The fourth-order valence-corrected chi connectivity index (χ4v) is 26.7. The van der Waals surface area contributed by atoms with Gasteiger partial charge < -0.3 is 29.9 Å². The van der Waals surface area contributed by atoms with E-state index in [1.54, 1.807) is 19.2 Å². The number of rotatable bonds is 2. The Labute approximate surface area is 466 Å². The lowest BCUT2D eigenvalue weighted by atomic mass is 9.43. The van der Waals surface area contributed by atoms with E-state index >= 15 is 0 Å². The molecular weight excluding hydrogens is 1000 g/mol. The fourth-order valence-electron chi connectivity index (χ4n) is 20.8. The van der Waals surface area contributed by atoms with Crippen molar-refractivity contribution < 1.29 is 38.3 Å². The predicted octanol–water partition coefficient (Wildman–Crippen LogP) is 16.4. The third kappa shape index (κ3) is 8.56. The van der Waals surface area contributed by atoms with Crippen LogP contribution in [0.2, 0.25) is 0 Å². The Bertz CT molecular complexity index is 2870. The first-order valence-corrected chi connectivity index (χ1v) is 32.9. The second-order valence-electron chi connectivity index (χ2n) is 29.5. The van der Waals surface area contributed by atoms with Gasteiger partial charge in [0.15, 0.2) is 9.84 Å². The van der Waals surface area contributed by atoms with Crippen LogP contribution < -0.4 is 9.47 Å². The SMILES string of the molecule is CC1(C)CCC[C@]2(C)[C@H]3CSc4cc(O)cc(O)c4[C@]3(C)CC[C@@H]12.COc1cc(O)c2c(c1)S(=O)(=O)C[C@@H]1[C@@]3(C)CCCC(C)(C)[C@@H]3CC[C@@]21C.COc1cc(O)c2c(c1)SC[C@@H]1[C@@]3(C)CCCC(C)(C)[C@@H]3CC[C@@]21C. The molecule has 0 unspecified atom stereocenters. The van der Waals surface area contributed by atoms with Crippen molar-refractivity contribution in [3.63, 3.8) is 0 Å². The van der Waals surface area contributed by atoms with E-state index in [2.05, 4.69) is 89.2 Å². The van der Waals surface area contributed by atoms with Crippen LogP contribution in [-0.2, 0) is 26.1 Å². The molecule has 0 spiro atoms. The summed E-state index contributed by atoms with van der Waals surface area (Å²) >= 11 is 3.77. The number of aromatic hydroxyl groups is 4. The molecule has 0 bridgehead atoms. The van der Waals surface area contributed by atoms with Crippen molar-refractivity contribution in [2.45, 2.75) is 210 Å². The molecule has 0 amide bonds. The molecule has 76 heavy (non-hydrogen) atoms. The molecule has 12 rings (SSSR count). The lowest BCUT2D eigenvalue weighted by molar-refractivity contribution is -0.0985. The molecule has 3 aliphatic heterocycles. The van der Waals surface area contributed by atoms with E-state index in [0.29, 0.717) is 62.2 Å². The highest BCUT2D eigenvalue weighted by atomic mass is 32.2. The van der Waals surface area contributed by atoms with Gasteiger partial charge in [-0.05, 0) is 163 Å². The van der Waals surface area contributed by atoms with E-state index in [0.717, 1.165) is 65.9 Å². The van der Waals surface area contributed by atoms with Crippen LogP contribution >= 0.6 is 23.5 Å². The number of methoxy groups -OCH3 is 2. The van der Waals surface area contributed by atoms with Crippen molar-refractivity contribution in [3.8, 4) is 34.5 Å². The molecule has 0 aromatic heterocycles. The van der Waals surface area contributed by atoms with Crippen LogP contribution in [0.25, 0.3) is 0 Å². The molecule has 420 valence electrons.